The van der Waals surface area contributed by atoms with E-state index in [9.17, 15) is 9.59 Å². The number of aromatic carboxylic acids is 1. The summed E-state index contributed by atoms with van der Waals surface area (Å²) in [5.74, 6) is 3.18. The molecule has 0 fully saturated rings. The van der Waals surface area contributed by atoms with Crippen molar-refractivity contribution in [2.75, 3.05) is 0 Å². The molecule has 1 rings (SSSR count). The molecule has 82 valence electrons. The Balaban J connectivity index is 2.92. The normalized spacial score (nSPS) is 9.06. The maximum absolute atomic E-state index is 10.7. The number of hydrogen-bond donors (Lipinski definition) is 2. The van der Waals surface area contributed by atoms with Crippen LogP contribution in [0, 0.1) is 18.8 Å². The summed E-state index contributed by atoms with van der Waals surface area (Å²) in [6, 6.07) is 4.64. The van der Waals surface area contributed by atoms with E-state index < -0.39 is 11.9 Å². The second-order valence-electron chi connectivity index (χ2n) is 3.21. The molecular formula is C12H10O4. The highest BCUT2D eigenvalue weighted by molar-refractivity contribution is 5.89. The average molecular weight is 218 g/mol. The number of rotatable bonds is 2. The first-order chi connectivity index (χ1) is 7.50. The Labute approximate surface area is 92.5 Å². The van der Waals surface area contributed by atoms with E-state index in [0.29, 0.717) is 11.1 Å². The zero-order chi connectivity index (χ0) is 12.1. The molecule has 4 nitrogen and oxygen atoms in total. The zero-order valence-electron chi connectivity index (χ0n) is 8.65. The van der Waals surface area contributed by atoms with Crippen LogP contribution in [-0.2, 0) is 4.79 Å². The number of carbonyl (C=O) groups is 2. The summed E-state index contributed by atoms with van der Waals surface area (Å²) >= 11 is 0. The van der Waals surface area contributed by atoms with Gasteiger partial charge in [-0.05, 0) is 30.7 Å². The van der Waals surface area contributed by atoms with Gasteiger partial charge in [-0.2, -0.15) is 0 Å². The van der Waals surface area contributed by atoms with Gasteiger partial charge >= 0.3 is 11.9 Å². The van der Waals surface area contributed by atoms with Crippen molar-refractivity contribution in [3.8, 4) is 11.8 Å². The SMILES string of the molecule is Cc1cc(C#CCC(=O)O)ccc1C(=O)O. The first-order valence-corrected chi connectivity index (χ1v) is 4.55. The molecule has 1 aromatic rings. The summed E-state index contributed by atoms with van der Waals surface area (Å²) in [6.07, 6.45) is -0.222. The van der Waals surface area contributed by atoms with Gasteiger partial charge < -0.3 is 10.2 Å². The van der Waals surface area contributed by atoms with E-state index in [2.05, 4.69) is 11.8 Å². The summed E-state index contributed by atoms with van der Waals surface area (Å²) in [4.78, 5) is 20.9. The van der Waals surface area contributed by atoms with Gasteiger partial charge in [0, 0.05) is 5.56 Å². The fourth-order valence-electron chi connectivity index (χ4n) is 1.20. The molecule has 16 heavy (non-hydrogen) atoms. The molecule has 2 N–H and O–H groups in total. The highest BCUT2D eigenvalue weighted by Gasteiger charge is 2.05. The van der Waals surface area contributed by atoms with Crippen molar-refractivity contribution in [2.24, 2.45) is 0 Å². The molecule has 1 aromatic carbocycles. The molecule has 0 atom stereocenters. The van der Waals surface area contributed by atoms with Crippen LogP contribution in [0.4, 0.5) is 0 Å². The number of benzene rings is 1. The molecule has 0 bridgehead atoms. The second-order valence-corrected chi connectivity index (χ2v) is 3.21. The zero-order valence-corrected chi connectivity index (χ0v) is 8.65. The van der Waals surface area contributed by atoms with Crippen LogP contribution in [0.25, 0.3) is 0 Å². The van der Waals surface area contributed by atoms with Crippen molar-refractivity contribution in [1.29, 1.82) is 0 Å². The molecule has 0 saturated heterocycles. The van der Waals surface area contributed by atoms with E-state index in [1.165, 1.54) is 6.07 Å². The molecule has 0 aliphatic heterocycles. The first kappa shape index (κ1) is 11.8. The van der Waals surface area contributed by atoms with Gasteiger partial charge in [0.05, 0.1) is 5.56 Å². The molecule has 0 aliphatic carbocycles. The topological polar surface area (TPSA) is 74.6 Å². The third kappa shape index (κ3) is 3.14. The summed E-state index contributed by atoms with van der Waals surface area (Å²) in [5.41, 5.74) is 1.45. The van der Waals surface area contributed by atoms with Gasteiger partial charge in [0.1, 0.15) is 6.42 Å². The molecule has 0 radical (unpaired) electrons. The largest absolute Gasteiger partial charge is 0.481 e. The van der Waals surface area contributed by atoms with Crippen molar-refractivity contribution in [2.45, 2.75) is 13.3 Å². The summed E-state index contributed by atoms with van der Waals surface area (Å²) in [6.45, 7) is 1.67. The van der Waals surface area contributed by atoms with Crippen LogP contribution < -0.4 is 0 Å². The van der Waals surface area contributed by atoms with Crippen LogP contribution in [0.15, 0.2) is 18.2 Å². The number of carboxylic acids is 2. The van der Waals surface area contributed by atoms with Crippen molar-refractivity contribution >= 4 is 11.9 Å². The average Bonchev–Trinajstić information content (AvgIpc) is 2.16. The van der Waals surface area contributed by atoms with Crippen molar-refractivity contribution in [1.82, 2.24) is 0 Å². The minimum Gasteiger partial charge on any atom is -0.481 e. The monoisotopic (exact) mass is 218 g/mol. The molecule has 0 aromatic heterocycles. The standard InChI is InChI=1S/C12H10O4/c1-8-7-9(3-2-4-11(13)14)5-6-10(8)12(15)16/h5-7H,4H2,1H3,(H,13,14)(H,15,16). The first-order valence-electron chi connectivity index (χ1n) is 4.55. The molecule has 0 unspecified atom stereocenters. The third-order valence-corrected chi connectivity index (χ3v) is 1.93. The van der Waals surface area contributed by atoms with E-state index in [1.807, 2.05) is 0 Å². The van der Waals surface area contributed by atoms with E-state index in [-0.39, 0.29) is 12.0 Å². The minimum atomic E-state index is -0.984. The molecule has 0 amide bonds. The fourth-order valence-corrected chi connectivity index (χ4v) is 1.20. The fraction of sp³-hybridized carbons (Fsp3) is 0.167. The number of carboxylic acid groups (broad SMARTS) is 2. The molecule has 0 spiro atoms. The quantitative estimate of drug-likeness (QED) is 0.738. The lowest BCUT2D eigenvalue weighted by molar-refractivity contribution is -0.135. The molecular weight excluding hydrogens is 208 g/mol. The summed E-state index contributed by atoms with van der Waals surface area (Å²) in [5, 5.41) is 17.2. The predicted molar refractivity (Wildman–Crippen MR) is 57.3 cm³/mol. The molecule has 0 aliphatic rings. The Morgan fingerprint density at radius 3 is 2.50 bits per heavy atom. The van der Waals surface area contributed by atoms with Crippen molar-refractivity contribution < 1.29 is 19.8 Å². The van der Waals surface area contributed by atoms with E-state index in [4.69, 9.17) is 10.2 Å². The number of aliphatic carboxylic acids is 1. The lowest BCUT2D eigenvalue weighted by Gasteiger charge is -2.00. The number of hydrogen-bond acceptors (Lipinski definition) is 2. The number of aryl methyl sites for hydroxylation is 1. The molecule has 0 heterocycles. The van der Waals surface area contributed by atoms with Crippen LogP contribution in [0.1, 0.15) is 27.9 Å². The van der Waals surface area contributed by atoms with Gasteiger partial charge in [-0.3, -0.25) is 4.79 Å². The van der Waals surface area contributed by atoms with Crippen LogP contribution in [0.2, 0.25) is 0 Å². The van der Waals surface area contributed by atoms with Crippen LogP contribution in [-0.4, -0.2) is 22.2 Å². The maximum Gasteiger partial charge on any atom is 0.335 e. The Bertz CT molecular complexity index is 491. The van der Waals surface area contributed by atoms with Crippen LogP contribution >= 0.6 is 0 Å². The van der Waals surface area contributed by atoms with E-state index in [0.717, 1.165) is 0 Å². The minimum absolute atomic E-state index is 0.222. The Kier molecular flexibility index (Phi) is 3.67. The predicted octanol–water partition coefficient (Wildman–Crippen LogP) is 1.52. The lowest BCUT2D eigenvalue weighted by Crippen LogP contribution is -1.99. The Morgan fingerprint density at radius 2 is 2.00 bits per heavy atom. The smallest absolute Gasteiger partial charge is 0.335 e. The Hall–Kier alpha value is -2.28. The van der Waals surface area contributed by atoms with E-state index >= 15 is 0 Å². The maximum atomic E-state index is 10.7. The van der Waals surface area contributed by atoms with Gasteiger partial charge in [0.25, 0.3) is 0 Å². The highest BCUT2D eigenvalue weighted by Crippen LogP contribution is 2.10. The van der Waals surface area contributed by atoms with Gasteiger partial charge in [-0.1, -0.05) is 11.8 Å². The Morgan fingerprint density at radius 1 is 1.31 bits per heavy atom. The van der Waals surface area contributed by atoms with Crippen LogP contribution in [0.5, 0.6) is 0 Å². The van der Waals surface area contributed by atoms with Crippen molar-refractivity contribution in [3.63, 3.8) is 0 Å². The second kappa shape index (κ2) is 4.99. The van der Waals surface area contributed by atoms with E-state index in [1.54, 1.807) is 19.1 Å². The third-order valence-electron chi connectivity index (χ3n) is 1.93. The highest BCUT2D eigenvalue weighted by atomic mass is 16.4. The van der Waals surface area contributed by atoms with Gasteiger partial charge in [-0.15, -0.1) is 0 Å². The summed E-state index contributed by atoms with van der Waals surface area (Å²) < 4.78 is 0. The van der Waals surface area contributed by atoms with Crippen molar-refractivity contribution in [3.05, 3.63) is 34.9 Å². The summed E-state index contributed by atoms with van der Waals surface area (Å²) in [7, 11) is 0. The van der Waals surface area contributed by atoms with Gasteiger partial charge in [0.2, 0.25) is 0 Å². The molecule has 0 saturated carbocycles. The molecule has 4 heteroatoms. The van der Waals surface area contributed by atoms with Gasteiger partial charge in [0.15, 0.2) is 0 Å². The lowest BCUT2D eigenvalue weighted by atomic mass is 10.1. The van der Waals surface area contributed by atoms with Gasteiger partial charge in [-0.25, -0.2) is 4.79 Å². The van der Waals surface area contributed by atoms with Crippen LogP contribution in [0.3, 0.4) is 0 Å².